The average Bonchev–Trinajstić information content (AvgIpc) is 2.78. The molecule has 1 aromatic heterocycles. The Morgan fingerprint density at radius 3 is 2.87 bits per heavy atom. The minimum absolute atomic E-state index is 0.0365. The third-order valence-electron chi connectivity index (χ3n) is 3.34. The van der Waals surface area contributed by atoms with Gasteiger partial charge in [0.1, 0.15) is 12.2 Å². The van der Waals surface area contributed by atoms with Gasteiger partial charge in [0, 0.05) is 6.04 Å². The highest BCUT2D eigenvalue weighted by molar-refractivity contribution is 4.96. The zero-order chi connectivity index (χ0) is 10.7. The van der Waals surface area contributed by atoms with E-state index in [1.807, 2.05) is 6.33 Å². The van der Waals surface area contributed by atoms with E-state index in [1.165, 1.54) is 32.1 Å². The van der Waals surface area contributed by atoms with E-state index in [0.717, 1.165) is 12.2 Å². The number of nitrogens with two attached hydrogens (primary N) is 1. The number of rotatable bonds is 3. The molecule has 4 nitrogen and oxygen atoms in total. The quantitative estimate of drug-likeness (QED) is 0.828. The van der Waals surface area contributed by atoms with Gasteiger partial charge < -0.3 is 10.3 Å². The molecule has 1 saturated carbocycles. The maximum atomic E-state index is 6.02. The van der Waals surface area contributed by atoms with E-state index in [4.69, 9.17) is 5.73 Å². The summed E-state index contributed by atoms with van der Waals surface area (Å²) in [6, 6.07) is 0.621. The second kappa shape index (κ2) is 4.75. The minimum atomic E-state index is 0.0365. The van der Waals surface area contributed by atoms with Gasteiger partial charge in [-0.2, -0.15) is 0 Å². The van der Waals surface area contributed by atoms with E-state index >= 15 is 0 Å². The molecule has 4 heteroatoms. The molecule has 0 aromatic carbocycles. The van der Waals surface area contributed by atoms with Crippen molar-refractivity contribution in [1.29, 1.82) is 0 Å². The van der Waals surface area contributed by atoms with Crippen molar-refractivity contribution in [2.24, 2.45) is 5.73 Å². The van der Waals surface area contributed by atoms with Crippen LogP contribution in [0.5, 0.6) is 0 Å². The predicted molar refractivity (Wildman–Crippen MR) is 59.4 cm³/mol. The number of aromatic nitrogens is 3. The SMILES string of the molecule is CC[C@H](N)c1nncn1C1CCCCC1. The molecule has 2 N–H and O–H groups in total. The van der Waals surface area contributed by atoms with Gasteiger partial charge in [-0.25, -0.2) is 0 Å². The maximum absolute atomic E-state index is 6.02. The van der Waals surface area contributed by atoms with E-state index in [1.54, 1.807) is 0 Å². The van der Waals surface area contributed by atoms with Crippen LogP contribution in [0.1, 0.15) is 63.4 Å². The fourth-order valence-electron chi connectivity index (χ4n) is 2.34. The lowest BCUT2D eigenvalue weighted by atomic mass is 9.95. The van der Waals surface area contributed by atoms with Crippen LogP contribution in [-0.2, 0) is 0 Å². The molecule has 1 heterocycles. The Bertz CT molecular complexity index is 301. The van der Waals surface area contributed by atoms with Crippen LogP contribution in [0.3, 0.4) is 0 Å². The van der Waals surface area contributed by atoms with Crippen molar-refractivity contribution in [3.05, 3.63) is 12.2 Å². The summed E-state index contributed by atoms with van der Waals surface area (Å²) < 4.78 is 2.20. The molecule has 0 unspecified atom stereocenters. The van der Waals surface area contributed by atoms with Gasteiger partial charge in [0.2, 0.25) is 0 Å². The summed E-state index contributed by atoms with van der Waals surface area (Å²) >= 11 is 0. The highest BCUT2D eigenvalue weighted by Crippen LogP contribution is 2.29. The molecule has 0 aliphatic heterocycles. The zero-order valence-corrected chi connectivity index (χ0v) is 9.39. The molecule has 1 aliphatic rings. The first-order valence-corrected chi connectivity index (χ1v) is 5.98. The lowest BCUT2D eigenvalue weighted by molar-refractivity contribution is 0.339. The second-order valence-electron chi connectivity index (χ2n) is 4.40. The zero-order valence-electron chi connectivity index (χ0n) is 9.39. The van der Waals surface area contributed by atoms with Crippen LogP contribution in [-0.4, -0.2) is 14.8 Å². The summed E-state index contributed by atoms with van der Waals surface area (Å²) in [6.45, 7) is 2.09. The van der Waals surface area contributed by atoms with Crippen LogP contribution in [0.25, 0.3) is 0 Å². The third kappa shape index (κ3) is 2.20. The summed E-state index contributed by atoms with van der Waals surface area (Å²) in [6.07, 6.45) is 9.29. The molecule has 1 aromatic rings. The molecule has 84 valence electrons. The van der Waals surface area contributed by atoms with Crippen molar-refractivity contribution in [1.82, 2.24) is 14.8 Å². The molecule has 0 amide bonds. The van der Waals surface area contributed by atoms with Gasteiger partial charge in [0.25, 0.3) is 0 Å². The van der Waals surface area contributed by atoms with Gasteiger partial charge in [-0.3, -0.25) is 0 Å². The topological polar surface area (TPSA) is 56.7 Å². The molecule has 0 spiro atoms. The molecule has 1 aliphatic carbocycles. The molecule has 15 heavy (non-hydrogen) atoms. The largest absolute Gasteiger partial charge is 0.321 e. The van der Waals surface area contributed by atoms with Crippen LogP contribution in [0.4, 0.5) is 0 Å². The van der Waals surface area contributed by atoms with E-state index < -0.39 is 0 Å². The van der Waals surface area contributed by atoms with Crippen molar-refractivity contribution in [3.63, 3.8) is 0 Å². The smallest absolute Gasteiger partial charge is 0.150 e. The van der Waals surface area contributed by atoms with Gasteiger partial charge in [0.05, 0.1) is 6.04 Å². The predicted octanol–water partition coefficient (Wildman–Crippen LogP) is 2.19. The highest BCUT2D eigenvalue weighted by atomic mass is 15.3. The lowest BCUT2D eigenvalue weighted by Crippen LogP contribution is -2.20. The summed E-state index contributed by atoms with van der Waals surface area (Å²) in [7, 11) is 0. The first kappa shape index (κ1) is 10.6. The average molecular weight is 208 g/mol. The molecule has 1 fully saturated rings. The van der Waals surface area contributed by atoms with Crippen LogP contribution in [0, 0.1) is 0 Å². The summed E-state index contributed by atoms with van der Waals surface area (Å²) in [4.78, 5) is 0. The summed E-state index contributed by atoms with van der Waals surface area (Å²) in [5, 5.41) is 8.15. The summed E-state index contributed by atoms with van der Waals surface area (Å²) in [5.74, 6) is 0.962. The fraction of sp³-hybridized carbons (Fsp3) is 0.818. The number of hydrogen-bond acceptors (Lipinski definition) is 3. The van der Waals surface area contributed by atoms with E-state index in [-0.39, 0.29) is 6.04 Å². The molecular weight excluding hydrogens is 188 g/mol. The van der Waals surface area contributed by atoms with Crippen molar-refractivity contribution in [2.75, 3.05) is 0 Å². The molecule has 0 radical (unpaired) electrons. The van der Waals surface area contributed by atoms with Gasteiger partial charge in [-0.15, -0.1) is 10.2 Å². The van der Waals surface area contributed by atoms with Crippen molar-refractivity contribution < 1.29 is 0 Å². The fourth-order valence-corrected chi connectivity index (χ4v) is 2.34. The Hall–Kier alpha value is -0.900. The van der Waals surface area contributed by atoms with Crippen LogP contribution >= 0.6 is 0 Å². The van der Waals surface area contributed by atoms with Crippen LogP contribution in [0.2, 0.25) is 0 Å². The monoisotopic (exact) mass is 208 g/mol. The van der Waals surface area contributed by atoms with Gasteiger partial charge >= 0.3 is 0 Å². The van der Waals surface area contributed by atoms with E-state index in [2.05, 4.69) is 21.7 Å². The van der Waals surface area contributed by atoms with E-state index in [0.29, 0.717) is 6.04 Å². The van der Waals surface area contributed by atoms with E-state index in [9.17, 15) is 0 Å². The molecule has 0 saturated heterocycles. The van der Waals surface area contributed by atoms with Gasteiger partial charge in [-0.05, 0) is 19.3 Å². The van der Waals surface area contributed by atoms with Crippen LogP contribution in [0.15, 0.2) is 6.33 Å². The lowest BCUT2D eigenvalue weighted by Gasteiger charge is -2.25. The first-order valence-electron chi connectivity index (χ1n) is 5.98. The molecule has 1 atom stereocenters. The second-order valence-corrected chi connectivity index (χ2v) is 4.40. The highest BCUT2D eigenvalue weighted by Gasteiger charge is 2.20. The first-order chi connectivity index (χ1) is 7.33. The van der Waals surface area contributed by atoms with Crippen molar-refractivity contribution in [3.8, 4) is 0 Å². The molecule has 2 rings (SSSR count). The Morgan fingerprint density at radius 2 is 2.20 bits per heavy atom. The van der Waals surface area contributed by atoms with Crippen LogP contribution < -0.4 is 5.73 Å². The van der Waals surface area contributed by atoms with Crippen molar-refractivity contribution >= 4 is 0 Å². The third-order valence-corrected chi connectivity index (χ3v) is 3.34. The number of nitrogens with zero attached hydrogens (tertiary/aromatic N) is 3. The Kier molecular flexibility index (Phi) is 3.36. The normalized spacial score (nSPS) is 20.4. The Balaban J connectivity index is 2.15. The Morgan fingerprint density at radius 1 is 1.47 bits per heavy atom. The summed E-state index contributed by atoms with van der Waals surface area (Å²) in [5.41, 5.74) is 6.02. The maximum Gasteiger partial charge on any atom is 0.150 e. The number of hydrogen-bond donors (Lipinski definition) is 1. The Labute approximate surface area is 90.9 Å². The van der Waals surface area contributed by atoms with Gasteiger partial charge in [-0.1, -0.05) is 26.2 Å². The standard InChI is InChI=1S/C11H20N4/c1-2-10(12)11-14-13-8-15(11)9-6-4-3-5-7-9/h8-10H,2-7,12H2,1H3/t10-/m0/s1. The van der Waals surface area contributed by atoms with Crippen molar-refractivity contribution in [2.45, 2.75) is 57.5 Å². The minimum Gasteiger partial charge on any atom is -0.321 e. The molecule has 0 bridgehead atoms. The molecular formula is C11H20N4. The van der Waals surface area contributed by atoms with Gasteiger partial charge in [0.15, 0.2) is 0 Å².